The van der Waals surface area contributed by atoms with Crippen LogP contribution in [0.2, 0.25) is 0 Å². The standard InChI is InChI=1S/C26H38N2.C2H5F.C2H4O/c1-9-24(18(3)4)28-21(8)26(10-2,19(5)6)17-20(7)25-23-14-12-11-13-22(23)15-16-27-25;2*1-2-3/h11-16,18-19,24,28H,7-10,17H2,1-6H3;2H2,1H3;2-3H,1H2. The molecule has 2 N–H and O–H groups in total. The van der Waals surface area contributed by atoms with Gasteiger partial charge in [0.05, 0.1) is 18.6 Å². The maximum atomic E-state index is 10.3. The van der Waals surface area contributed by atoms with E-state index >= 15 is 0 Å². The Labute approximate surface area is 207 Å². The number of hydrogen-bond donors (Lipinski definition) is 2. The molecule has 34 heavy (non-hydrogen) atoms. The van der Waals surface area contributed by atoms with Gasteiger partial charge in [0.1, 0.15) is 0 Å². The van der Waals surface area contributed by atoms with Crippen LogP contribution >= 0.6 is 0 Å². The molecule has 0 saturated carbocycles. The topological polar surface area (TPSA) is 45.2 Å². The molecule has 0 saturated heterocycles. The van der Waals surface area contributed by atoms with Crippen LogP contribution in [0.25, 0.3) is 16.3 Å². The maximum Gasteiger partial charge on any atom is 0.0866 e. The van der Waals surface area contributed by atoms with Gasteiger partial charge in [0, 0.05) is 28.7 Å². The molecule has 0 aliphatic heterocycles. The summed E-state index contributed by atoms with van der Waals surface area (Å²) in [6.45, 7) is 26.8. The molecule has 2 rings (SSSR count). The lowest BCUT2D eigenvalue weighted by molar-refractivity contribution is 0.215. The third-order valence-electron chi connectivity index (χ3n) is 6.48. The molecule has 2 atom stereocenters. The van der Waals surface area contributed by atoms with Gasteiger partial charge in [-0.05, 0) is 55.0 Å². The number of fused-ring (bicyclic) bond motifs is 1. The normalized spacial score (nSPS) is 13.1. The van der Waals surface area contributed by atoms with E-state index in [2.05, 4.69) is 96.9 Å². The van der Waals surface area contributed by atoms with E-state index in [0.717, 1.165) is 42.5 Å². The second kappa shape index (κ2) is 16.1. The van der Waals surface area contributed by atoms with Gasteiger partial charge in [-0.25, -0.2) is 0 Å². The summed E-state index contributed by atoms with van der Waals surface area (Å²) in [5, 5.41) is 13.5. The van der Waals surface area contributed by atoms with Crippen molar-refractivity contribution in [3.63, 3.8) is 0 Å². The van der Waals surface area contributed by atoms with Crippen LogP contribution in [-0.2, 0) is 0 Å². The minimum Gasteiger partial charge on any atom is -0.516 e. The van der Waals surface area contributed by atoms with Gasteiger partial charge in [0.2, 0.25) is 0 Å². The third-order valence-corrected chi connectivity index (χ3v) is 6.48. The summed E-state index contributed by atoms with van der Waals surface area (Å²) in [6.07, 6.45) is 5.63. The summed E-state index contributed by atoms with van der Waals surface area (Å²) >= 11 is 0. The average Bonchev–Trinajstić information content (AvgIpc) is 2.80. The molecule has 1 heterocycles. The molecule has 0 spiro atoms. The van der Waals surface area contributed by atoms with Crippen LogP contribution in [0.15, 0.2) is 68.2 Å². The lowest BCUT2D eigenvalue weighted by Gasteiger charge is -2.42. The number of aliphatic hydroxyl groups is 1. The van der Waals surface area contributed by atoms with E-state index in [1.54, 1.807) is 0 Å². The SMILES string of the molecule is C=C(CC(CC)(C(=C)NC(CC)C(C)C)C(C)C)c1nccc2ccccc12.C=CO.CCF. The molecule has 0 amide bonds. The first kappa shape index (κ1) is 31.4. The highest BCUT2D eigenvalue weighted by molar-refractivity contribution is 5.91. The molecule has 3 nitrogen and oxygen atoms in total. The fourth-order valence-corrected chi connectivity index (χ4v) is 4.38. The molecule has 2 aromatic rings. The highest BCUT2D eigenvalue weighted by atomic mass is 19.1. The van der Waals surface area contributed by atoms with Crippen molar-refractivity contribution in [2.75, 3.05) is 6.67 Å². The summed E-state index contributed by atoms with van der Waals surface area (Å²) in [7, 11) is 0. The predicted octanol–water partition coefficient (Wildman–Crippen LogP) is 8.89. The minimum atomic E-state index is -0.250. The number of hydrogen-bond acceptors (Lipinski definition) is 3. The van der Waals surface area contributed by atoms with Crippen LogP contribution in [-0.4, -0.2) is 22.8 Å². The molecule has 0 fully saturated rings. The number of halogens is 1. The average molecular weight is 471 g/mol. The van der Waals surface area contributed by atoms with Crippen molar-refractivity contribution >= 4 is 16.3 Å². The van der Waals surface area contributed by atoms with E-state index in [1.807, 2.05) is 6.20 Å². The van der Waals surface area contributed by atoms with E-state index in [9.17, 15) is 4.39 Å². The van der Waals surface area contributed by atoms with Crippen molar-refractivity contribution in [3.05, 3.63) is 73.9 Å². The van der Waals surface area contributed by atoms with E-state index in [0.29, 0.717) is 17.9 Å². The summed E-state index contributed by atoms with van der Waals surface area (Å²) in [5.74, 6) is 1.03. The fourth-order valence-electron chi connectivity index (χ4n) is 4.38. The maximum absolute atomic E-state index is 10.3. The number of pyridine rings is 1. The van der Waals surface area contributed by atoms with Crippen molar-refractivity contribution in [2.45, 2.75) is 73.8 Å². The molecule has 1 aromatic carbocycles. The lowest BCUT2D eigenvalue weighted by atomic mass is 9.68. The fraction of sp³-hybridized carbons (Fsp3) is 0.500. The number of alkyl halides is 1. The molecule has 0 radical (unpaired) electrons. The van der Waals surface area contributed by atoms with Gasteiger partial charge < -0.3 is 10.4 Å². The Morgan fingerprint density at radius 1 is 1.12 bits per heavy atom. The Bertz CT molecular complexity index is 885. The molecule has 0 aliphatic carbocycles. The quantitative estimate of drug-likeness (QED) is 0.341. The van der Waals surface area contributed by atoms with Gasteiger partial charge >= 0.3 is 0 Å². The molecule has 1 aromatic heterocycles. The van der Waals surface area contributed by atoms with Crippen LogP contribution in [0, 0.1) is 17.3 Å². The van der Waals surface area contributed by atoms with Gasteiger partial charge in [-0.1, -0.05) is 85.5 Å². The van der Waals surface area contributed by atoms with Crippen LogP contribution in [0.5, 0.6) is 0 Å². The van der Waals surface area contributed by atoms with Gasteiger partial charge in [-0.15, -0.1) is 0 Å². The van der Waals surface area contributed by atoms with Crippen molar-refractivity contribution in [1.82, 2.24) is 10.3 Å². The Morgan fingerprint density at radius 2 is 1.68 bits per heavy atom. The van der Waals surface area contributed by atoms with Gasteiger partial charge in [-0.2, -0.15) is 0 Å². The van der Waals surface area contributed by atoms with Crippen LogP contribution < -0.4 is 5.32 Å². The zero-order valence-corrected chi connectivity index (χ0v) is 22.5. The zero-order chi connectivity index (χ0) is 26.3. The van der Waals surface area contributed by atoms with Gasteiger partial charge in [0.15, 0.2) is 0 Å². The number of allylic oxidation sites excluding steroid dienone is 2. The van der Waals surface area contributed by atoms with Gasteiger partial charge in [-0.3, -0.25) is 9.37 Å². The Morgan fingerprint density at radius 3 is 2.15 bits per heavy atom. The summed E-state index contributed by atoms with van der Waals surface area (Å²) in [5.41, 5.74) is 3.21. The monoisotopic (exact) mass is 470 g/mol. The largest absolute Gasteiger partial charge is 0.516 e. The molecule has 190 valence electrons. The molecule has 0 aliphatic rings. The minimum absolute atomic E-state index is 0.0436. The number of aliphatic hydroxyl groups excluding tert-OH is 1. The number of nitrogens with zero attached hydrogens (tertiary/aromatic N) is 1. The lowest BCUT2D eigenvalue weighted by Crippen LogP contribution is -2.41. The number of benzene rings is 1. The highest BCUT2D eigenvalue weighted by Crippen LogP contribution is 2.45. The number of rotatable bonds is 10. The first-order chi connectivity index (χ1) is 16.1. The first-order valence-corrected chi connectivity index (χ1v) is 12.4. The van der Waals surface area contributed by atoms with Crippen molar-refractivity contribution < 1.29 is 9.50 Å². The Hall–Kier alpha value is -2.62. The second-order valence-corrected chi connectivity index (χ2v) is 9.16. The molecular formula is C30H47FN2O. The van der Waals surface area contributed by atoms with Crippen molar-refractivity contribution in [2.24, 2.45) is 17.3 Å². The van der Waals surface area contributed by atoms with Gasteiger partial charge in [0.25, 0.3) is 0 Å². The van der Waals surface area contributed by atoms with E-state index in [4.69, 9.17) is 10.1 Å². The van der Waals surface area contributed by atoms with Crippen LogP contribution in [0.4, 0.5) is 4.39 Å². The van der Waals surface area contributed by atoms with Crippen molar-refractivity contribution in [1.29, 1.82) is 0 Å². The number of aromatic nitrogens is 1. The Balaban J connectivity index is 0.00000164. The smallest absolute Gasteiger partial charge is 0.0866 e. The first-order valence-electron chi connectivity index (χ1n) is 12.4. The summed E-state index contributed by atoms with van der Waals surface area (Å²) < 4.78 is 10.3. The molecule has 4 heteroatoms. The summed E-state index contributed by atoms with van der Waals surface area (Å²) in [6, 6.07) is 10.9. The third kappa shape index (κ3) is 8.62. The van der Waals surface area contributed by atoms with E-state index in [1.165, 1.54) is 17.7 Å². The predicted molar refractivity (Wildman–Crippen MR) is 149 cm³/mol. The number of nitrogens with one attached hydrogen (secondary N) is 1. The molecule has 0 bridgehead atoms. The van der Waals surface area contributed by atoms with Crippen LogP contribution in [0.1, 0.15) is 73.4 Å². The van der Waals surface area contributed by atoms with E-state index < -0.39 is 0 Å². The zero-order valence-electron chi connectivity index (χ0n) is 22.5. The summed E-state index contributed by atoms with van der Waals surface area (Å²) in [4.78, 5) is 4.70. The molecular weight excluding hydrogens is 423 g/mol. The molecule has 2 unspecified atom stereocenters. The van der Waals surface area contributed by atoms with Crippen molar-refractivity contribution in [3.8, 4) is 0 Å². The Kier molecular flexibility index (Phi) is 14.8. The highest BCUT2D eigenvalue weighted by Gasteiger charge is 2.37. The second-order valence-electron chi connectivity index (χ2n) is 9.16. The van der Waals surface area contributed by atoms with Crippen LogP contribution in [0.3, 0.4) is 0 Å². The van der Waals surface area contributed by atoms with E-state index in [-0.39, 0.29) is 12.1 Å².